The van der Waals surface area contributed by atoms with Crippen LogP contribution in [-0.4, -0.2) is 77.2 Å². The Morgan fingerprint density at radius 2 is 2.00 bits per heavy atom. The summed E-state index contributed by atoms with van der Waals surface area (Å²) >= 11 is 0. The summed E-state index contributed by atoms with van der Waals surface area (Å²) in [6, 6.07) is 9.09. The fraction of sp³-hybridized carbons (Fsp3) is 0.393. The van der Waals surface area contributed by atoms with Gasteiger partial charge in [-0.25, -0.2) is 0 Å². The van der Waals surface area contributed by atoms with Gasteiger partial charge in [-0.1, -0.05) is 0 Å². The third-order valence-corrected chi connectivity index (χ3v) is 7.43. The second-order valence-electron chi connectivity index (χ2n) is 9.87. The van der Waals surface area contributed by atoms with E-state index in [4.69, 9.17) is 9.47 Å². The number of hydrogen-bond donors (Lipinski definition) is 2. The van der Waals surface area contributed by atoms with Crippen molar-refractivity contribution in [2.24, 2.45) is 0 Å². The van der Waals surface area contributed by atoms with Gasteiger partial charge >= 0.3 is 0 Å². The summed E-state index contributed by atoms with van der Waals surface area (Å²) in [4.78, 5) is 17.9. The average Bonchev–Trinajstić information content (AvgIpc) is 3.50. The molecule has 8 nitrogen and oxygen atoms in total. The van der Waals surface area contributed by atoms with Crippen LogP contribution >= 0.6 is 0 Å². The highest BCUT2D eigenvalue weighted by Gasteiger charge is 2.32. The van der Waals surface area contributed by atoms with Gasteiger partial charge in [0.15, 0.2) is 5.76 Å². The molecule has 1 atom stereocenters. The highest BCUT2D eigenvalue weighted by Crippen LogP contribution is 2.41. The van der Waals surface area contributed by atoms with E-state index in [1.165, 1.54) is 12.5 Å². The van der Waals surface area contributed by atoms with Crippen LogP contribution in [0.5, 0.6) is 23.0 Å². The van der Waals surface area contributed by atoms with Gasteiger partial charge in [-0.15, -0.1) is 0 Å². The molecule has 0 amide bonds. The predicted molar refractivity (Wildman–Crippen MR) is 139 cm³/mol. The second kappa shape index (κ2) is 9.52. The van der Waals surface area contributed by atoms with Crippen molar-refractivity contribution in [2.45, 2.75) is 32.4 Å². The number of aromatic nitrogens is 1. The maximum absolute atomic E-state index is 13.0. The normalized spacial score (nSPS) is 19.0. The van der Waals surface area contributed by atoms with Crippen LogP contribution in [0.15, 0.2) is 36.1 Å². The Labute approximate surface area is 210 Å². The number of aromatic hydroxyl groups is 2. The summed E-state index contributed by atoms with van der Waals surface area (Å²) in [6.07, 6.45) is 3.95. The molecule has 1 aromatic heterocycles. The van der Waals surface area contributed by atoms with Gasteiger partial charge < -0.3 is 34.1 Å². The van der Waals surface area contributed by atoms with Crippen LogP contribution in [0.4, 0.5) is 0 Å². The Kier molecular flexibility index (Phi) is 6.40. The van der Waals surface area contributed by atoms with E-state index in [1.54, 1.807) is 13.2 Å². The maximum atomic E-state index is 13.0. The van der Waals surface area contributed by atoms with Crippen LogP contribution in [-0.2, 0) is 6.54 Å². The largest absolute Gasteiger partial charge is 0.508 e. The van der Waals surface area contributed by atoms with Gasteiger partial charge in [0, 0.05) is 53.4 Å². The number of likely N-dealkylation sites (tertiary alicyclic amines) is 1. The zero-order valence-electron chi connectivity index (χ0n) is 21.2. The van der Waals surface area contributed by atoms with Gasteiger partial charge in [-0.05, 0) is 71.2 Å². The number of methoxy groups -OCH3 is 1. The van der Waals surface area contributed by atoms with Crippen molar-refractivity contribution in [3.63, 3.8) is 0 Å². The predicted octanol–water partition coefficient (Wildman–Crippen LogP) is 4.01. The topological polar surface area (TPSA) is 87.4 Å². The van der Waals surface area contributed by atoms with Gasteiger partial charge in [-0.2, -0.15) is 0 Å². The highest BCUT2D eigenvalue weighted by molar-refractivity contribution is 6.17. The van der Waals surface area contributed by atoms with Crippen molar-refractivity contribution in [3.05, 3.63) is 52.9 Å². The van der Waals surface area contributed by atoms with E-state index >= 15 is 0 Å². The molecule has 36 heavy (non-hydrogen) atoms. The lowest BCUT2D eigenvalue weighted by Crippen LogP contribution is -2.32. The number of nitrogens with zero attached hydrogens (tertiary/aromatic N) is 3. The molecule has 1 unspecified atom stereocenters. The smallest absolute Gasteiger partial charge is 0.235 e. The van der Waals surface area contributed by atoms with Gasteiger partial charge in [-0.3, -0.25) is 4.79 Å². The molecule has 5 rings (SSSR count). The molecule has 2 aliphatic rings. The zero-order chi connectivity index (χ0) is 25.6. The second-order valence-corrected chi connectivity index (χ2v) is 9.87. The monoisotopic (exact) mass is 491 g/mol. The molecule has 1 saturated heterocycles. The minimum Gasteiger partial charge on any atom is -0.508 e. The van der Waals surface area contributed by atoms with E-state index in [2.05, 4.69) is 34.5 Å². The minimum atomic E-state index is -0.407. The number of ketones is 1. The number of phenolic OH excluding ortho intramolecular Hbond substituents is 2. The Balaban J connectivity index is 1.45. The van der Waals surface area contributed by atoms with Gasteiger partial charge in [0.25, 0.3) is 0 Å². The van der Waals surface area contributed by atoms with Crippen molar-refractivity contribution in [1.82, 2.24) is 14.4 Å². The fourth-order valence-electron chi connectivity index (χ4n) is 5.38. The molecule has 2 N–H and O–H groups in total. The van der Waals surface area contributed by atoms with E-state index in [1.807, 2.05) is 19.1 Å². The fourth-order valence-corrected chi connectivity index (χ4v) is 5.38. The SMILES string of the molecule is COc1ccc2c(c1)c(/C=C1\Oc3cc(O)cc(O)c3C1=O)c(C)n2CCCN1CCC(N(C)C)C1. The number of carbonyl (C=O) groups is 1. The number of allylic oxidation sites excluding steroid dienone is 1. The van der Waals surface area contributed by atoms with Crippen LogP contribution in [0.1, 0.15) is 34.5 Å². The number of Topliss-reactive ketones (excluding diaryl/α,β-unsaturated/α-hetero) is 1. The Hall–Kier alpha value is -3.49. The molecule has 2 aromatic carbocycles. The van der Waals surface area contributed by atoms with Crippen molar-refractivity contribution in [2.75, 3.05) is 40.8 Å². The maximum Gasteiger partial charge on any atom is 0.235 e. The number of benzene rings is 2. The van der Waals surface area contributed by atoms with Gasteiger partial charge in [0.05, 0.1) is 7.11 Å². The van der Waals surface area contributed by atoms with E-state index in [-0.39, 0.29) is 28.6 Å². The molecule has 0 saturated carbocycles. The van der Waals surface area contributed by atoms with Crippen LogP contribution in [0.25, 0.3) is 17.0 Å². The number of hydrogen-bond acceptors (Lipinski definition) is 7. The first-order chi connectivity index (χ1) is 17.3. The summed E-state index contributed by atoms with van der Waals surface area (Å²) in [6.45, 7) is 6.17. The number of fused-ring (bicyclic) bond motifs is 2. The molecular formula is C28H33N3O5. The average molecular weight is 492 g/mol. The molecule has 0 aliphatic carbocycles. The highest BCUT2D eigenvalue weighted by atomic mass is 16.5. The van der Waals surface area contributed by atoms with Crippen molar-refractivity contribution < 1.29 is 24.5 Å². The first-order valence-corrected chi connectivity index (χ1v) is 12.3. The number of phenols is 2. The molecule has 3 aromatic rings. The van der Waals surface area contributed by atoms with Gasteiger partial charge in [0.1, 0.15) is 28.6 Å². The van der Waals surface area contributed by atoms with E-state index in [0.717, 1.165) is 66.6 Å². The molecule has 1 fully saturated rings. The van der Waals surface area contributed by atoms with Crippen LogP contribution in [0, 0.1) is 6.92 Å². The van der Waals surface area contributed by atoms with Crippen molar-refractivity contribution in [1.29, 1.82) is 0 Å². The molecule has 0 spiro atoms. The van der Waals surface area contributed by atoms with Crippen molar-refractivity contribution >= 4 is 22.8 Å². The third kappa shape index (κ3) is 4.31. The third-order valence-electron chi connectivity index (χ3n) is 7.43. The van der Waals surface area contributed by atoms with E-state index in [9.17, 15) is 15.0 Å². The number of ether oxygens (including phenoxy) is 2. The molecule has 190 valence electrons. The summed E-state index contributed by atoms with van der Waals surface area (Å²) in [5.74, 6) is 0.142. The first kappa shape index (κ1) is 24.2. The summed E-state index contributed by atoms with van der Waals surface area (Å²) in [5.41, 5.74) is 3.03. The molecule has 0 bridgehead atoms. The standard InChI is InChI=1S/C28H33N3O5/c1-17-21(15-26-28(34)27-24(33)12-19(32)13-25(27)36-26)22-14-20(35-4)6-7-23(22)31(17)10-5-9-30-11-8-18(16-30)29(2)3/h6-7,12-15,18,32-33H,5,8-11,16H2,1-4H3/b26-15-. The zero-order valence-corrected chi connectivity index (χ0v) is 21.2. The summed E-state index contributed by atoms with van der Waals surface area (Å²) in [7, 11) is 5.93. The minimum absolute atomic E-state index is 0.0691. The Morgan fingerprint density at radius 1 is 1.19 bits per heavy atom. The molecule has 2 aliphatic heterocycles. The molecule has 3 heterocycles. The number of rotatable bonds is 7. The number of aryl methyl sites for hydroxylation is 1. The quantitative estimate of drug-likeness (QED) is 0.483. The summed E-state index contributed by atoms with van der Waals surface area (Å²) < 4.78 is 13.5. The van der Waals surface area contributed by atoms with Crippen LogP contribution < -0.4 is 9.47 Å². The van der Waals surface area contributed by atoms with Crippen LogP contribution in [0.2, 0.25) is 0 Å². The number of likely N-dealkylation sites (N-methyl/N-ethyl adjacent to an activating group) is 1. The number of carbonyl (C=O) groups excluding carboxylic acids is 1. The van der Waals surface area contributed by atoms with E-state index < -0.39 is 5.78 Å². The first-order valence-electron chi connectivity index (χ1n) is 12.3. The summed E-state index contributed by atoms with van der Waals surface area (Å²) in [5, 5.41) is 20.9. The van der Waals surface area contributed by atoms with Gasteiger partial charge in [0.2, 0.25) is 5.78 Å². The molecule has 8 heteroatoms. The van der Waals surface area contributed by atoms with E-state index in [0.29, 0.717) is 6.04 Å². The lowest BCUT2D eigenvalue weighted by atomic mass is 10.1. The Bertz CT molecular complexity index is 1360. The van der Waals surface area contributed by atoms with Crippen LogP contribution in [0.3, 0.4) is 0 Å². The lowest BCUT2D eigenvalue weighted by molar-refractivity contribution is 0.101. The molecular weight excluding hydrogens is 458 g/mol. The molecule has 0 radical (unpaired) electrons. The Morgan fingerprint density at radius 3 is 2.72 bits per heavy atom. The van der Waals surface area contributed by atoms with Crippen molar-refractivity contribution in [3.8, 4) is 23.0 Å². The lowest BCUT2D eigenvalue weighted by Gasteiger charge is -2.20.